The summed E-state index contributed by atoms with van der Waals surface area (Å²) < 4.78 is 10.7. The average Bonchev–Trinajstić information content (AvgIpc) is 3.22. The number of carbonyl (C=O) groups excluding carboxylic acids is 1. The van der Waals surface area contributed by atoms with E-state index in [1.165, 1.54) is 18.4 Å². The molecule has 2 saturated heterocycles. The highest BCUT2D eigenvalue weighted by molar-refractivity contribution is 5.93. The van der Waals surface area contributed by atoms with Gasteiger partial charge in [0.25, 0.3) is 0 Å². The van der Waals surface area contributed by atoms with E-state index < -0.39 is 0 Å². The van der Waals surface area contributed by atoms with E-state index in [-0.39, 0.29) is 11.8 Å². The normalized spacial score (nSPS) is 22.6. The molecule has 2 heterocycles. The number of likely N-dealkylation sites (tertiary alicyclic amines) is 2. The highest BCUT2D eigenvalue weighted by atomic mass is 16.5. The summed E-state index contributed by atoms with van der Waals surface area (Å²) in [6.45, 7) is 3.95. The topological polar surface area (TPSA) is 54.0 Å². The summed E-state index contributed by atoms with van der Waals surface area (Å²) in [5.74, 6) is 2.57. The summed E-state index contributed by atoms with van der Waals surface area (Å²) in [4.78, 5) is 17.8. The fourth-order valence-electron chi connectivity index (χ4n) is 5.26. The molecule has 2 fully saturated rings. The van der Waals surface area contributed by atoms with Crippen molar-refractivity contribution in [3.63, 3.8) is 0 Å². The molecule has 2 aromatic rings. The number of benzene rings is 2. The van der Waals surface area contributed by atoms with Gasteiger partial charge in [0.1, 0.15) is 11.5 Å². The Morgan fingerprint density at radius 1 is 1.03 bits per heavy atom. The zero-order valence-corrected chi connectivity index (χ0v) is 19.4. The highest BCUT2D eigenvalue weighted by Crippen LogP contribution is 2.34. The van der Waals surface area contributed by atoms with Gasteiger partial charge in [-0.25, -0.2) is 0 Å². The van der Waals surface area contributed by atoms with E-state index in [9.17, 15) is 4.79 Å². The van der Waals surface area contributed by atoms with Crippen molar-refractivity contribution in [2.75, 3.05) is 46.2 Å². The summed E-state index contributed by atoms with van der Waals surface area (Å²) in [7, 11) is 5.56. The maximum absolute atomic E-state index is 12.9. The van der Waals surface area contributed by atoms with Gasteiger partial charge in [0.2, 0.25) is 5.91 Å². The summed E-state index contributed by atoms with van der Waals surface area (Å²) in [5.41, 5.74) is 2.08. The van der Waals surface area contributed by atoms with Crippen LogP contribution >= 0.6 is 0 Å². The molecule has 0 aromatic heterocycles. The first kappa shape index (κ1) is 22.6. The van der Waals surface area contributed by atoms with Crippen LogP contribution in [0.3, 0.4) is 0 Å². The Labute approximate surface area is 191 Å². The lowest BCUT2D eigenvalue weighted by Gasteiger charge is -2.37. The summed E-state index contributed by atoms with van der Waals surface area (Å²) in [5, 5.41) is 3.08. The van der Waals surface area contributed by atoms with Crippen molar-refractivity contribution in [1.82, 2.24) is 9.80 Å². The number of hydrogen-bond donors (Lipinski definition) is 1. The first-order valence-electron chi connectivity index (χ1n) is 11.6. The largest absolute Gasteiger partial charge is 0.497 e. The number of para-hydroxylation sites is 1. The molecule has 2 aromatic carbocycles. The van der Waals surface area contributed by atoms with Gasteiger partial charge in [-0.15, -0.1) is 0 Å². The highest BCUT2D eigenvalue weighted by Gasteiger charge is 2.39. The van der Waals surface area contributed by atoms with Gasteiger partial charge >= 0.3 is 0 Å². The molecule has 0 saturated carbocycles. The van der Waals surface area contributed by atoms with Crippen molar-refractivity contribution in [1.29, 1.82) is 0 Å². The summed E-state index contributed by atoms with van der Waals surface area (Å²) >= 11 is 0. The summed E-state index contributed by atoms with van der Waals surface area (Å²) in [6, 6.07) is 16.3. The Balaban J connectivity index is 1.28. The van der Waals surface area contributed by atoms with E-state index in [0.717, 1.165) is 49.8 Å². The van der Waals surface area contributed by atoms with Crippen LogP contribution in [0.1, 0.15) is 24.8 Å². The predicted octanol–water partition coefficient (Wildman–Crippen LogP) is 3.87. The first-order valence-corrected chi connectivity index (χ1v) is 11.6. The minimum absolute atomic E-state index is 0.0405. The Morgan fingerprint density at radius 3 is 2.44 bits per heavy atom. The van der Waals surface area contributed by atoms with E-state index in [1.54, 1.807) is 14.2 Å². The Morgan fingerprint density at radius 2 is 1.75 bits per heavy atom. The molecule has 1 amide bonds. The number of rotatable bonds is 7. The van der Waals surface area contributed by atoms with E-state index >= 15 is 0 Å². The number of nitrogens with one attached hydrogen (secondary N) is 1. The third kappa shape index (κ3) is 5.25. The second-order valence-corrected chi connectivity index (χ2v) is 9.08. The minimum Gasteiger partial charge on any atom is -0.497 e. The lowest BCUT2D eigenvalue weighted by Crippen LogP contribution is -2.41. The molecule has 0 unspecified atom stereocenters. The molecule has 1 N–H and O–H groups in total. The molecular formula is C26H35N3O3. The van der Waals surface area contributed by atoms with Crippen molar-refractivity contribution in [2.24, 2.45) is 11.8 Å². The van der Waals surface area contributed by atoms with E-state index in [4.69, 9.17) is 9.47 Å². The molecule has 0 spiro atoms. The molecule has 4 rings (SSSR count). The number of methoxy groups -OCH3 is 2. The molecule has 0 bridgehead atoms. The van der Waals surface area contributed by atoms with Gasteiger partial charge in [-0.3, -0.25) is 9.69 Å². The Kier molecular flexibility index (Phi) is 7.33. The van der Waals surface area contributed by atoms with Gasteiger partial charge in [-0.05, 0) is 75.6 Å². The number of amides is 1. The molecule has 0 radical (unpaired) electrons. The molecule has 2 atom stereocenters. The number of piperidine rings is 1. The predicted molar refractivity (Wildman–Crippen MR) is 127 cm³/mol. The molecule has 0 aliphatic carbocycles. The zero-order chi connectivity index (χ0) is 22.5. The van der Waals surface area contributed by atoms with Crippen LogP contribution in [0, 0.1) is 11.8 Å². The fraction of sp³-hybridized carbons (Fsp3) is 0.500. The summed E-state index contributed by atoms with van der Waals surface area (Å²) in [6.07, 6.45) is 3.30. The van der Waals surface area contributed by atoms with Gasteiger partial charge in [0.15, 0.2) is 0 Å². The SMILES string of the molecule is COc1ccc(NC(=O)[C@H]2C[C@@H](C3CCN(Cc4ccccc4OC)CC3)N(C)C2)cc1. The van der Waals surface area contributed by atoms with Crippen LogP contribution in [0.25, 0.3) is 0 Å². The van der Waals surface area contributed by atoms with Crippen LogP contribution in [0.15, 0.2) is 48.5 Å². The maximum Gasteiger partial charge on any atom is 0.228 e. The van der Waals surface area contributed by atoms with E-state index in [0.29, 0.717) is 12.0 Å². The third-order valence-corrected chi connectivity index (χ3v) is 7.09. The van der Waals surface area contributed by atoms with Gasteiger partial charge in [0.05, 0.1) is 20.1 Å². The number of ether oxygens (including phenoxy) is 2. The van der Waals surface area contributed by atoms with Crippen LogP contribution in [-0.4, -0.2) is 62.7 Å². The first-order chi connectivity index (χ1) is 15.6. The minimum atomic E-state index is 0.0405. The quantitative estimate of drug-likeness (QED) is 0.713. The third-order valence-electron chi connectivity index (χ3n) is 7.09. The zero-order valence-electron chi connectivity index (χ0n) is 19.4. The molecule has 6 heteroatoms. The number of hydrogen-bond acceptors (Lipinski definition) is 5. The monoisotopic (exact) mass is 437 g/mol. The Bertz CT molecular complexity index is 893. The van der Waals surface area contributed by atoms with Crippen LogP contribution in [0.5, 0.6) is 11.5 Å². The van der Waals surface area contributed by atoms with Gasteiger partial charge in [-0.2, -0.15) is 0 Å². The lowest BCUT2D eigenvalue weighted by atomic mass is 9.86. The van der Waals surface area contributed by atoms with Gasteiger partial charge < -0.3 is 19.7 Å². The smallest absolute Gasteiger partial charge is 0.228 e. The van der Waals surface area contributed by atoms with Crippen molar-refractivity contribution < 1.29 is 14.3 Å². The lowest BCUT2D eigenvalue weighted by molar-refractivity contribution is -0.119. The standard InChI is InChI=1S/C26H35N3O3/c1-28-17-21(26(30)27-22-8-10-23(31-2)11-9-22)16-24(28)19-12-14-29(15-13-19)18-20-6-4-5-7-25(20)32-3/h4-11,19,21,24H,12-18H2,1-3H3,(H,27,30)/t21-,24-/m0/s1. The second kappa shape index (κ2) is 10.4. The molecule has 172 valence electrons. The number of carbonyl (C=O) groups is 1. The van der Waals surface area contributed by atoms with Crippen LogP contribution < -0.4 is 14.8 Å². The molecule has 32 heavy (non-hydrogen) atoms. The molecular weight excluding hydrogens is 402 g/mol. The van der Waals surface area contributed by atoms with Gasteiger partial charge in [-0.1, -0.05) is 18.2 Å². The maximum atomic E-state index is 12.9. The molecule has 2 aliphatic rings. The van der Waals surface area contributed by atoms with Crippen molar-refractivity contribution in [2.45, 2.75) is 31.8 Å². The van der Waals surface area contributed by atoms with E-state index in [1.807, 2.05) is 36.4 Å². The van der Waals surface area contributed by atoms with Crippen LogP contribution in [0.2, 0.25) is 0 Å². The van der Waals surface area contributed by atoms with Crippen LogP contribution in [-0.2, 0) is 11.3 Å². The molecule has 2 aliphatic heterocycles. The van der Waals surface area contributed by atoms with Crippen molar-refractivity contribution in [3.05, 3.63) is 54.1 Å². The second-order valence-electron chi connectivity index (χ2n) is 9.08. The van der Waals surface area contributed by atoms with Crippen LogP contribution in [0.4, 0.5) is 5.69 Å². The van der Waals surface area contributed by atoms with Crippen molar-refractivity contribution >= 4 is 11.6 Å². The fourth-order valence-corrected chi connectivity index (χ4v) is 5.26. The Hall–Kier alpha value is -2.57. The molecule has 6 nitrogen and oxygen atoms in total. The van der Waals surface area contributed by atoms with E-state index in [2.05, 4.69) is 34.3 Å². The van der Waals surface area contributed by atoms with Gasteiger partial charge in [0, 0.05) is 30.4 Å². The van der Waals surface area contributed by atoms with Crippen molar-refractivity contribution in [3.8, 4) is 11.5 Å². The number of anilines is 1. The number of nitrogens with zero attached hydrogens (tertiary/aromatic N) is 2. The average molecular weight is 438 g/mol.